The molecule has 1 fully saturated rings. The fourth-order valence-electron chi connectivity index (χ4n) is 3.70. The largest absolute Gasteiger partial charge is 0.493 e. The molecule has 1 aromatic heterocycles. The van der Waals surface area contributed by atoms with E-state index in [-0.39, 0.29) is 5.91 Å². The number of ether oxygens (including phenoxy) is 3. The number of hydrogen-bond donors (Lipinski definition) is 0. The summed E-state index contributed by atoms with van der Waals surface area (Å²) in [4.78, 5) is 26.2. The van der Waals surface area contributed by atoms with Gasteiger partial charge in [-0.15, -0.1) is 0 Å². The zero-order chi connectivity index (χ0) is 20.2. The summed E-state index contributed by atoms with van der Waals surface area (Å²) in [6.07, 6.45) is 3.00. The highest BCUT2D eigenvalue weighted by Gasteiger charge is 2.24. The topological polar surface area (TPSA) is 77.0 Å². The molecule has 8 heteroatoms. The van der Waals surface area contributed by atoms with Gasteiger partial charge in [-0.1, -0.05) is 6.07 Å². The Morgan fingerprint density at radius 2 is 1.93 bits per heavy atom. The Hall–Kier alpha value is -2.87. The van der Waals surface area contributed by atoms with Crippen LogP contribution in [0.25, 0.3) is 0 Å². The maximum atomic E-state index is 12.9. The van der Waals surface area contributed by atoms with Gasteiger partial charge in [-0.05, 0) is 29.7 Å². The van der Waals surface area contributed by atoms with Gasteiger partial charge in [0.2, 0.25) is 11.9 Å². The highest BCUT2D eigenvalue weighted by atomic mass is 16.5. The molecular weight excluding hydrogens is 372 g/mol. The van der Waals surface area contributed by atoms with Gasteiger partial charge in [0.15, 0.2) is 11.5 Å². The van der Waals surface area contributed by atoms with Crippen molar-refractivity contribution in [1.29, 1.82) is 0 Å². The summed E-state index contributed by atoms with van der Waals surface area (Å²) in [5.41, 5.74) is 2.96. The second-order valence-electron chi connectivity index (χ2n) is 7.17. The molecule has 1 amide bonds. The van der Waals surface area contributed by atoms with Crippen LogP contribution in [-0.4, -0.2) is 67.8 Å². The molecule has 2 aliphatic heterocycles. The highest BCUT2D eigenvalue weighted by Crippen LogP contribution is 2.28. The first-order valence-electron chi connectivity index (χ1n) is 9.84. The lowest BCUT2D eigenvalue weighted by molar-refractivity contribution is -0.131. The lowest BCUT2D eigenvalue weighted by Gasteiger charge is -2.31. The minimum atomic E-state index is 0.0782. The van der Waals surface area contributed by atoms with E-state index in [9.17, 15) is 4.79 Å². The Morgan fingerprint density at radius 1 is 1.14 bits per heavy atom. The summed E-state index contributed by atoms with van der Waals surface area (Å²) < 4.78 is 16.0. The first-order valence-corrected chi connectivity index (χ1v) is 9.84. The molecule has 154 valence electrons. The number of fused-ring (bicyclic) bond motifs is 1. The van der Waals surface area contributed by atoms with E-state index in [4.69, 9.17) is 19.2 Å². The lowest BCUT2D eigenvalue weighted by Crippen LogP contribution is -2.39. The van der Waals surface area contributed by atoms with E-state index >= 15 is 0 Å². The molecule has 0 radical (unpaired) electrons. The number of carbonyl (C=O) groups excluding carboxylic acids is 1. The number of carbonyl (C=O) groups is 1. The minimum Gasteiger partial charge on any atom is -0.493 e. The number of aromatic nitrogens is 2. The van der Waals surface area contributed by atoms with Crippen LogP contribution in [0.2, 0.25) is 0 Å². The van der Waals surface area contributed by atoms with E-state index in [1.807, 2.05) is 29.3 Å². The molecule has 0 atom stereocenters. The van der Waals surface area contributed by atoms with Gasteiger partial charge in [-0.2, -0.15) is 0 Å². The molecule has 1 saturated heterocycles. The monoisotopic (exact) mass is 398 g/mol. The van der Waals surface area contributed by atoms with Crippen molar-refractivity contribution in [3.8, 4) is 11.5 Å². The van der Waals surface area contributed by atoms with Gasteiger partial charge in [0, 0.05) is 25.8 Å². The third-order valence-corrected chi connectivity index (χ3v) is 5.38. The van der Waals surface area contributed by atoms with Crippen LogP contribution in [0.15, 0.2) is 24.4 Å². The molecule has 2 aromatic rings. The number of anilines is 1. The summed E-state index contributed by atoms with van der Waals surface area (Å²) in [6, 6.07) is 5.58. The van der Waals surface area contributed by atoms with Crippen LogP contribution in [0, 0.1) is 0 Å². The average molecular weight is 398 g/mol. The normalized spacial score (nSPS) is 16.3. The Bertz CT molecular complexity index is 883. The Kier molecular flexibility index (Phi) is 5.80. The van der Waals surface area contributed by atoms with Crippen molar-refractivity contribution in [2.75, 3.05) is 52.0 Å². The van der Waals surface area contributed by atoms with E-state index in [0.29, 0.717) is 44.2 Å². The number of morpholine rings is 1. The average Bonchev–Trinajstić information content (AvgIpc) is 2.78. The Balaban J connectivity index is 1.45. The van der Waals surface area contributed by atoms with Gasteiger partial charge in [0.05, 0.1) is 46.1 Å². The predicted octanol–water partition coefficient (Wildman–Crippen LogP) is 1.46. The molecule has 3 heterocycles. The van der Waals surface area contributed by atoms with Gasteiger partial charge >= 0.3 is 0 Å². The van der Waals surface area contributed by atoms with Gasteiger partial charge in [-0.25, -0.2) is 9.97 Å². The Morgan fingerprint density at radius 3 is 2.69 bits per heavy atom. The van der Waals surface area contributed by atoms with Crippen molar-refractivity contribution >= 4 is 11.9 Å². The molecule has 0 aliphatic carbocycles. The lowest BCUT2D eigenvalue weighted by atomic mass is 10.1. The SMILES string of the molecule is COc1ccc(CC(=O)N2CCc3cnc(N4CCOCC4)nc3C2)cc1OC. The van der Waals surface area contributed by atoms with Gasteiger partial charge in [0.25, 0.3) is 0 Å². The maximum absolute atomic E-state index is 12.9. The van der Waals surface area contributed by atoms with Gasteiger partial charge < -0.3 is 24.0 Å². The molecule has 2 aliphatic rings. The quantitative estimate of drug-likeness (QED) is 0.755. The third-order valence-electron chi connectivity index (χ3n) is 5.38. The van der Waals surface area contributed by atoms with Crippen LogP contribution in [-0.2, 0) is 28.9 Å². The van der Waals surface area contributed by atoms with E-state index in [1.165, 1.54) is 0 Å². The van der Waals surface area contributed by atoms with Crippen molar-refractivity contribution in [3.63, 3.8) is 0 Å². The van der Waals surface area contributed by atoms with Crippen LogP contribution in [0.3, 0.4) is 0 Å². The summed E-state index contributed by atoms with van der Waals surface area (Å²) >= 11 is 0. The van der Waals surface area contributed by atoms with Crippen LogP contribution in [0.1, 0.15) is 16.8 Å². The smallest absolute Gasteiger partial charge is 0.227 e. The molecule has 0 bridgehead atoms. The van der Waals surface area contributed by atoms with Gasteiger partial charge in [-0.3, -0.25) is 4.79 Å². The summed E-state index contributed by atoms with van der Waals surface area (Å²) in [5.74, 6) is 2.09. The molecule has 4 rings (SSSR count). The maximum Gasteiger partial charge on any atom is 0.227 e. The number of benzene rings is 1. The van der Waals surface area contributed by atoms with Crippen molar-refractivity contribution in [1.82, 2.24) is 14.9 Å². The molecule has 1 aromatic carbocycles. The molecule has 8 nitrogen and oxygen atoms in total. The first kappa shape index (κ1) is 19.4. The van der Waals surface area contributed by atoms with Crippen molar-refractivity contribution in [3.05, 3.63) is 41.2 Å². The molecular formula is C21H26N4O4. The van der Waals surface area contributed by atoms with E-state index < -0.39 is 0 Å². The summed E-state index contributed by atoms with van der Waals surface area (Å²) in [5, 5.41) is 0. The zero-order valence-electron chi connectivity index (χ0n) is 16.9. The minimum absolute atomic E-state index is 0.0782. The van der Waals surface area contributed by atoms with Gasteiger partial charge in [0.1, 0.15) is 0 Å². The second-order valence-corrected chi connectivity index (χ2v) is 7.17. The molecule has 0 spiro atoms. The van der Waals surface area contributed by atoms with Crippen molar-refractivity contribution < 1.29 is 19.0 Å². The van der Waals surface area contributed by atoms with E-state index in [0.717, 1.165) is 42.3 Å². The first-order chi connectivity index (χ1) is 14.2. The predicted molar refractivity (Wildman–Crippen MR) is 107 cm³/mol. The fourth-order valence-corrected chi connectivity index (χ4v) is 3.70. The molecule has 0 N–H and O–H groups in total. The van der Waals surface area contributed by atoms with Crippen molar-refractivity contribution in [2.45, 2.75) is 19.4 Å². The fraction of sp³-hybridized carbons (Fsp3) is 0.476. The molecule has 29 heavy (non-hydrogen) atoms. The number of rotatable bonds is 5. The molecule has 0 unspecified atom stereocenters. The standard InChI is InChI=1S/C21H26N4O4/c1-27-18-4-3-15(11-19(18)28-2)12-20(26)25-6-5-16-13-22-21(23-17(16)14-25)24-7-9-29-10-8-24/h3-4,11,13H,5-10,12,14H2,1-2H3. The zero-order valence-corrected chi connectivity index (χ0v) is 16.9. The van der Waals surface area contributed by atoms with Crippen LogP contribution in [0.5, 0.6) is 11.5 Å². The van der Waals surface area contributed by atoms with Crippen LogP contribution >= 0.6 is 0 Å². The summed E-state index contributed by atoms with van der Waals surface area (Å²) in [7, 11) is 3.19. The third kappa shape index (κ3) is 4.27. The summed E-state index contributed by atoms with van der Waals surface area (Å²) in [6.45, 7) is 4.16. The van der Waals surface area contributed by atoms with Crippen LogP contribution in [0.4, 0.5) is 5.95 Å². The number of nitrogens with zero attached hydrogens (tertiary/aromatic N) is 4. The van der Waals surface area contributed by atoms with Crippen molar-refractivity contribution in [2.24, 2.45) is 0 Å². The number of methoxy groups -OCH3 is 2. The van der Waals surface area contributed by atoms with Crippen LogP contribution < -0.4 is 14.4 Å². The van der Waals surface area contributed by atoms with E-state index in [2.05, 4.69) is 9.88 Å². The highest BCUT2D eigenvalue weighted by molar-refractivity contribution is 5.79. The number of hydrogen-bond acceptors (Lipinski definition) is 7. The second kappa shape index (κ2) is 8.65. The van der Waals surface area contributed by atoms with E-state index in [1.54, 1.807) is 14.2 Å². The number of amides is 1. The Labute approximate surface area is 170 Å². The molecule has 0 saturated carbocycles.